The molecule has 0 fully saturated rings. The van der Waals surface area contributed by atoms with E-state index in [0.717, 1.165) is 23.3 Å². The van der Waals surface area contributed by atoms with Crippen LogP contribution >= 0.6 is 0 Å². The number of hydrogen-bond acceptors (Lipinski definition) is 5. The summed E-state index contributed by atoms with van der Waals surface area (Å²) in [5.74, 6) is 5.87. The van der Waals surface area contributed by atoms with Crippen LogP contribution in [0.2, 0.25) is 0 Å². The number of aromatic nitrogens is 5. The van der Waals surface area contributed by atoms with Gasteiger partial charge in [0.1, 0.15) is 17.8 Å². The Hall–Kier alpha value is -5.11. The van der Waals surface area contributed by atoms with Crippen LogP contribution < -0.4 is 11.1 Å². The molecule has 0 radical (unpaired) electrons. The van der Waals surface area contributed by atoms with Crippen molar-refractivity contribution in [3.8, 4) is 17.5 Å². The van der Waals surface area contributed by atoms with Gasteiger partial charge in [0.25, 0.3) is 5.91 Å². The van der Waals surface area contributed by atoms with Crippen molar-refractivity contribution < 1.29 is 18.0 Å². The van der Waals surface area contributed by atoms with Crippen molar-refractivity contribution in [3.63, 3.8) is 0 Å². The molecule has 0 atom stereocenters. The number of carbonyl (C=O) groups excluding carboxylic acids is 1. The van der Waals surface area contributed by atoms with E-state index >= 15 is 0 Å². The molecule has 11 heteroatoms. The number of halogens is 3. The Kier molecular flexibility index (Phi) is 6.77. The smallest absolute Gasteiger partial charge is 0.383 e. The number of nitrogens with zero attached hydrogens (tertiary/aromatic N) is 5. The molecule has 0 saturated heterocycles. The summed E-state index contributed by atoms with van der Waals surface area (Å²) < 4.78 is 44.1. The van der Waals surface area contributed by atoms with Crippen molar-refractivity contribution in [2.24, 2.45) is 0 Å². The highest BCUT2D eigenvalue weighted by Gasteiger charge is 2.32. The fourth-order valence-corrected chi connectivity index (χ4v) is 4.25. The Morgan fingerprint density at radius 1 is 1.05 bits per heavy atom. The fourth-order valence-electron chi connectivity index (χ4n) is 4.25. The fraction of sp³-hybridized carbons (Fsp3) is 0.172. The summed E-state index contributed by atoms with van der Waals surface area (Å²) >= 11 is 0. The minimum absolute atomic E-state index is 0.123. The number of nitrogens with two attached hydrogens (primary N) is 1. The molecular weight excluding hydrogens is 519 g/mol. The van der Waals surface area contributed by atoms with Gasteiger partial charge in [-0.2, -0.15) is 18.3 Å². The molecule has 0 saturated carbocycles. The average molecular weight is 544 g/mol. The Bertz CT molecular complexity index is 1820. The molecule has 40 heavy (non-hydrogen) atoms. The Morgan fingerprint density at radius 3 is 2.52 bits per heavy atom. The SMILES string of the molecule is CCn1cc(C#Cc2cc(NC(=O)c3cc(-n4cc(C)cn4)cc(C(F)(F)F)c3)ccc2C)c2c(N)ncnc21. The summed E-state index contributed by atoms with van der Waals surface area (Å²) in [7, 11) is 0. The first kappa shape index (κ1) is 26.5. The van der Waals surface area contributed by atoms with Crippen LogP contribution in [-0.4, -0.2) is 30.2 Å². The molecule has 5 aromatic rings. The van der Waals surface area contributed by atoms with Gasteiger partial charge in [-0.3, -0.25) is 4.79 Å². The highest BCUT2D eigenvalue weighted by Crippen LogP contribution is 2.32. The van der Waals surface area contributed by atoms with Gasteiger partial charge in [-0.25, -0.2) is 14.6 Å². The average Bonchev–Trinajstić information content (AvgIpc) is 3.52. The molecule has 3 aromatic heterocycles. The van der Waals surface area contributed by atoms with E-state index < -0.39 is 17.6 Å². The molecule has 2 aromatic carbocycles. The highest BCUT2D eigenvalue weighted by atomic mass is 19.4. The third-order valence-corrected chi connectivity index (χ3v) is 6.33. The Labute approximate surface area is 227 Å². The Morgan fingerprint density at radius 2 is 1.82 bits per heavy atom. The largest absolute Gasteiger partial charge is 0.416 e. The molecule has 0 spiro atoms. The highest BCUT2D eigenvalue weighted by molar-refractivity contribution is 6.05. The van der Waals surface area contributed by atoms with Crippen molar-refractivity contribution >= 4 is 28.4 Å². The van der Waals surface area contributed by atoms with Gasteiger partial charge < -0.3 is 15.6 Å². The second-order valence-electron chi connectivity index (χ2n) is 9.25. The maximum atomic E-state index is 13.6. The maximum absolute atomic E-state index is 13.6. The molecule has 202 valence electrons. The number of anilines is 2. The van der Waals surface area contributed by atoms with Gasteiger partial charge in [-0.05, 0) is 62.2 Å². The predicted molar refractivity (Wildman–Crippen MR) is 146 cm³/mol. The summed E-state index contributed by atoms with van der Waals surface area (Å²) in [6, 6.07) is 8.25. The lowest BCUT2D eigenvalue weighted by atomic mass is 10.1. The minimum atomic E-state index is -4.64. The molecule has 0 aliphatic rings. The van der Waals surface area contributed by atoms with Gasteiger partial charge in [0.2, 0.25) is 0 Å². The molecule has 0 unspecified atom stereocenters. The second kappa shape index (κ2) is 10.2. The molecule has 0 aliphatic heterocycles. The van der Waals surface area contributed by atoms with Crippen LogP contribution in [0.3, 0.4) is 0 Å². The van der Waals surface area contributed by atoms with E-state index in [2.05, 4.69) is 32.2 Å². The van der Waals surface area contributed by atoms with Crippen LogP contribution in [0.15, 0.2) is 61.3 Å². The second-order valence-corrected chi connectivity index (χ2v) is 9.25. The van der Waals surface area contributed by atoms with E-state index in [1.807, 2.05) is 24.6 Å². The number of rotatable bonds is 4. The lowest BCUT2D eigenvalue weighted by Crippen LogP contribution is -2.15. The third kappa shape index (κ3) is 5.24. The summed E-state index contributed by atoms with van der Waals surface area (Å²) in [5.41, 5.74) is 9.08. The monoisotopic (exact) mass is 543 g/mol. The van der Waals surface area contributed by atoms with E-state index in [9.17, 15) is 18.0 Å². The number of carbonyl (C=O) groups is 1. The molecule has 0 bridgehead atoms. The normalized spacial score (nSPS) is 11.3. The zero-order chi connectivity index (χ0) is 28.6. The standard InChI is InChI=1S/C29H24F3N7O/c1-4-38-15-20(25-26(33)34-16-35-27(25)38)7-6-19-10-23(8-5-18(19)3)37-28(40)21-9-22(29(30,31)32)12-24(11-21)39-14-17(2)13-36-39/h5,8-16H,4H2,1-3H3,(H,37,40)(H2,33,34,35). The molecule has 0 aliphatic carbocycles. The summed E-state index contributed by atoms with van der Waals surface area (Å²) in [6.07, 6.45) is 1.72. The molecule has 3 heterocycles. The van der Waals surface area contributed by atoms with Gasteiger partial charge in [0.15, 0.2) is 0 Å². The summed E-state index contributed by atoms with van der Waals surface area (Å²) in [4.78, 5) is 21.5. The Balaban J connectivity index is 1.47. The molecule has 1 amide bonds. The predicted octanol–water partition coefficient (Wildman–Crippen LogP) is 5.51. The number of hydrogen-bond donors (Lipinski definition) is 2. The van der Waals surface area contributed by atoms with Gasteiger partial charge >= 0.3 is 6.18 Å². The van der Waals surface area contributed by atoms with Crippen molar-refractivity contribution in [1.29, 1.82) is 0 Å². The van der Waals surface area contributed by atoms with E-state index in [-0.39, 0.29) is 11.3 Å². The van der Waals surface area contributed by atoms with Gasteiger partial charge in [-0.15, -0.1) is 0 Å². The van der Waals surface area contributed by atoms with E-state index in [1.165, 1.54) is 23.3 Å². The lowest BCUT2D eigenvalue weighted by Gasteiger charge is -2.13. The summed E-state index contributed by atoms with van der Waals surface area (Å²) in [6.45, 7) is 6.29. The first-order valence-corrected chi connectivity index (χ1v) is 12.3. The molecule has 3 N–H and O–H groups in total. The van der Waals surface area contributed by atoms with Crippen LogP contribution in [0.1, 0.15) is 45.1 Å². The number of amides is 1. The zero-order valence-corrected chi connectivity index (χ0v) is 21.8. The maximum Gasteiger partial charge on any atom is 0.416 e. The third-order valence-electron chi connectivity index (χ3n) is 6.33. The molecule has 8 nitrogen and oxygen atoms in total. The van der Waals surface area contributed by atoms with Crippen molar-refractivity contribution in [3.05, 3.63) is 94.7 Å². The molecule has 5 rings (SSSR count). The number of aryl methyl sites for hydroxylation is 3. The number of alkyl halides is 3. The lowest BCUT2D eigenvalue weighted by molar-refractivity contribution is -0.137. The van der Waals surface area contributed by atoms with E-state index in [0.29, 0.717) is 40.2 Å². The van der Waals surface area contributed by atoms with Crippen molar-refractivity contribution in [1.82, 2.24) is 24.3 Å². The van der Waals surface area contributed by atoms with Crippen LogP contribution in [0.4, 0.5) is 24.7 Å². The van der Waals surface area contributed by atoms with E-state index in [1.54, 1.807) is 31.3 Å². The first-order valence-electron chi connectivity index (χ1n) is 12.3. The number of fused-ring (bicyclic) bond motifs is 1. The topological polar surface area (TPSA) is 104 Å². The quantitative estimate of drug-likeness (QED) is 0.291. The summed E-state index contributed by atoms with van der Waals surface area (Å²) in [5, 5.41) is 7.43. The van der Waals surface area contributed by atoms with Gasteiger partial charge in [-0.1, -0.05) is 17.9 Å². The number of benzene rings is 2. The van der Waals surface area contributed by atoms with Crippen LogP contribution in [0, 0.1) is 25.7 Å². The zero-order valence-electron chi connectivity index (χ0n) is 21.8. The number of nitrogens with one attached hydrogen (secondary N) is 1. The minimum Gasteiger partial charge on any atom is -0.383 e. The van der Waals surface area contributed by atoms with Crippen molar-refractivity contribution in [2.75, 3.05) is 11.1 Å². The first-order chi connectivity index (χ1) is 19.0. The number of nitrogen functional groups attached to an aromatic ring is 1. The van der Waals surface area contributed by atoms with Gasteiger partial charge in [0, 0.05) is 35.8 Å². The van der Waals surface area contributed by atoms with Crippen LogP contribution in [-0.2, 0) is 12.7 Å². The van der Waals surface area contributed by atoms with Crippen LogP contribution in [0.5, 0.6) is 0 Å². The molecular formula is C29H24F3N7O. The van der Waals surface area contributed by atoms with Gasteiger partial charge in [0.05, 0.1) is 28.4 Å². The van der Waals surface area contributed by atoms with Crippen molar-refractivity contribution in [2.45, 2.75) is 33.5 Å². The van der Waals surface area contributed by atoms with E-state index in [4.69, 9.17) is 5.73 Å². The van der Waals surface area contributed by atoms with Crippen LogP contribution in [0.25, 0.3) is 16.7 Å².